The SMILES string of the molecule is CCC(=S)OCC[Si](OC)(OC)OC. The van der Waals surface area contributed by atoms with E-state index >= 15 is 0 Å². The summed E-state index contributed by atoms with van der Waals surface area (Å²) in [6.07, 6.45) is 0.747. The summed E-state index contributed by atoms with van der Waals surface area (Å²) < 4.78 is 20.9. The zero-order valence-electron chi connectivity index (χ0n) is 9.16. The van der Waals surface area contributed by atoms with Gasteiger partial charge >= 0.3 is 8.80 Å². The van der Waals surface area contributed by atoms with Crippen molar-refractivity contribution in [3.63, 3.8) is 0 Å². The second kappa shape index (κ2) is 7.30. The highest BCUT2D eigenvalue weighted by atomic mass is 32.1. The minimum absolute atomic E-state index is 0.481. The zero-order chi connectivity index (χ0) is 11.0. The average Bonchev–Trinajstić information content (AvgIpc) is 2.25. The van der Waals surface area contributed by atoms with E-state index in [1.807, 2.05) is 6.92 Å². The second-order valence-corrected chi connectivity index (χ2v) is 6.17. The van der Waals surface area contributed by atoms with Gasteiger partial charge in [-0.25, -0.2) is 0 Å². The maximum atomic E-state index is 5.28. The molecular weight excluding hydrogens is 220 g/mol. The monoisotopic (exact) mass is 238 g/mol. The Morgan fingerprint density at radius 3 is 2.00 bits per heavy atom. The van der Waals surface area contributed by atoms with Gasteiger partial charge < -0.3 is 18.0 Å². The average molecular weight is 238 g/mol. The lowest BCUT2D eigenvalue weighted by atomic mass is 10.5. The van der Waals surface area contributed by atoms with Crippen LogP contribution in [0.5, 0.6) is 0 Å². The molecule has 0 N–H and O–H groups in total. The lowest BCUT2D eigenvalue weighted by Gasteiger charge is -2.24. The van der Waals surface area contributed by atoms with Gasteiger partial charge in [0.15, 0.2) is 5.05 Å². The topological polar surface area (TPSA) is 36.9 Å². The maximum Gasteiger partial charge on any atom is 0.503 e. The predicted molar refractivity (Wildman–Crippen MR) is 60.4 cm³/mol. The fourth-order valence-electron chi connectivity index (χ4n) is 0.948. The fraction of sp³-hybridized carbons (Fsp3) is 0.875. The minimum Gasteiger partial charge on any atom is -0.487 e. The Bertz CT molecular complexity index is 164. The van der Waals surface area contributed by atoms with Crippen LogP contribution in [0, 0.1) is 0 Å². The van der Waals surface area contributed by atoms with E-state index in [2.05, 4.69) is 0 Å². The number of ether oxygens (including phenoxy) is 1. The zero-order valence-corrected chi connectivity index (χ0v) is 11.0. The van der Waals surface area contributed by atoms with Crippen LogP contribution in [-0.2, 0) is 18.0 Å². The van der Waals surface area contributed by atoms with Gasteiger partial charge in [0, 0.05) is 27.8 Å². The Kier molecular flexibility index (Phi) is 7.29. The van der Waals surface area contributed by atoms with E-state index in [0.717, 1.165) is 6.42 Å². The highest BCUT2D eigenvalue weighted by molar-refractivity contribution is 7.80. The molecule has 0 aromatic rings. The van der Waals surface area contributed by atoms with Gasteiger partial charge in [0.25, 0.3) is 0 Å². The molecule has 14 heavy (non-hydrogen) atoms. The Hall–Kier alpha value is -0.0131. The summed E-state index contributed by atoms with van der Waals surface area (Å²) in [4.78, 5) is 0. The third-order valence-corrected chi connectivity index (χ3v) is 4.98. The van der Waals surface area contributed by atoms with Gasteiger partial charge in [-0.2, -0.15) is 0 Å². The Morgan fingerprint density at radius 1 is 1.14 bits per heavy atom. The third-order valence-electron chi connectivity index (χ3n) is 1.89. The van der Waals surface area contributed by atoms with Crippen molar-refractivity contribution in [2.45, 2.75) is 19.4 Å². The van der Waals surface area contributed by atoms with Crippen molar-refractivity contribution in [2.75, 3.05) is 27.9 Å². The molecule has 0 bridgehead atoms. The molecule has 0 aliphatic carbocycles. The van der Waals surface area contributed by atoms with Crippen molar-refractivity contribution in [3.8, 4) is 0 Å². The van der Waals surface area contributed by atoms with Crippen LogP contribution in [0.25, 0.3) is 0 Å². The van der Waals surface area contributed by atoms with Gasteiger partial charge in [0.2, 0.25) is 0 Å². The predicted octanol–water partition coefficient (Wildman–Crippen LogP) is 1.62. The first kappa shape index (κ1) is 14.0. The summed E-state index contributed by atoms with van der Waals surface area (Å²) in [6, 6.07) is 0.608. The molecule has 0 saturated carbocycles. The van der Waals surface area contributed by atoms with E-state index in [9.17, 15) is 0 Å². The molecule has 0 aromatic heterocycles. The molecule has 0 spiro atoms. The first-order valence-corrected chi connectivity index (χ1v) is 6.79. The van der Waals surface area contributed by atoms with Crippen LogP contribution < -0.4 is 0 Å². The summed E-state index contributed by atoms with van der Waals surface area (Å²) in [5.41, 5.74) is 0. The molecule has 0 radical (unpaired) electrons. The molecule has 0 aliphatic heterocycles. The van der Waals surface area contributed by atoms with Crippen molar-refractivity contribution < 1.29 is 18.0 Å². The van der Waals surface area contributed by atoms with Crippen molar-refractivity contribution in [2.24, 2.45) is 0 Å². The Labute approximate surface area is 91.9 Å². The fourth-order valence-corrected chi connectivity index (χ4v) is 2.50. The summed E-state index contributed by atoms with van der Waals surface area (Å²) in [6.45, 7) is 2.43. The largest absolute Gasteiger partial charge is 0.503 e. The number of thiocarbonyl (C=S) groups is 1. The molecule has 0 aliphatic rings. The highest BCUT2D eigenvalue weighted by Crippen LogP contribution is 2.12. The van der Waals surface area contributed by atoms with E-state index in [1.165, 1.54) is 0 Å². The molecule has 0 aromatic carbocycles. The number of hydrogen-bond donors (Lipinski definition) is 0. The number of rotatable bonds is 7. The van der Waals surface area contributed by atoms with Crippen LogP contribution in [0.1, 0.15) is 13.3 Å². The molecular formula is C8H18O4SSi. The van der Waals surface area contributed by atoms with Crippen molar-refractivity contribution in [1.82, 2.24) is 0 Å². The Morgan fingerprint density at radius 2 is 1.64 bits per heavy atom. The molecule has 0 amide bonds. The molecule has 0 rings (SSSR count). The van der Waals surface area contributed by atoms with Gasteiger partial charge in [-0.1, -0.05) is 6.92 Å². The summed E-state index contributed by atoms with van der Waals surface area (Å²) in [5.74, 6) is 0. The van der Waals surface area contributed by atoms with E-state index in [0.29, 0.717) is 17.7 Å². The lowest BCUT2D eigenvalue weighted by molar-refractivity contribution is 0.117. The minimum atomic E-state index is -2.48. The van der Waals surface area contributed by atoms with Gasteiger partial charge in [-0.05, 0) is 12.2 Å². The van der Waals surface area contributed by atoms with Crippen LogP contribution in [0.4, 0.5) is 0 Å². The summed E-state index contributed by atoms with van der Waals surface area (Å²) >= 11 is 4.92. The molecule has 4 nitrogen and oxygen atoms in total. The molecule has 0 heterocycles. The van der Waals surface area contributed by atoms with E-state index < -0.39 is 8.80 Å². The van der Waals surface area contributed by atoms with Crippen LogP contribution in [0.15, 0.2) is 0 Å². The molecule has 0 atom stereocenters. The van der Waals surface area contributed by atoms with Gasteiger partial charge in [-0.3, -0.25) is 0 Å². The Balaban J connectivity index is 3.88. The molecule has 0 unspecified atom stereocenters. The van der Waals surface area contributed by atoms with Gasteiger partial charge in [0.1, 0.15) is 0 Å². The normalized spacial score (nSPS) is 11.4. The van der Waals surface area contributed by atoms with Crippen molar-refractivity contribution in [3.05, 3.63) is 0 Å². The standard InChI is InChI=1S/C8H18O4SSi/c1-5-8(13)12-6-7-14(9-2,10-3)11-4/h5-7H2,1-4H3. The quantitative estimate of drug-likeness (QED) is 0.497. The maximum absolute atomic E-state index is 5.28. The molecule has 84 valence electrons. The lowest BCUT2D eigenvalue weighted by Crippen LogP contribution is -2.43. The van der Waals surface area contributed by atoms with Crippen LogP contribution >= 0.6 is 12.2 Å². The molecule has 0 fully saturated rings. The second-order valence-electron chi connectivity index (χ2n) is 2.62. The summed E-state index contributed by atoms with van der Waals surface area (Å²) in [7, 11) is 2.26. The van der Waals surface area contributed by atoms with E-state index in [-0.39, 0.29) is 0 Å². The van der Waals surface area contributed by atoms with E-state index in [4.69, 9.17) is 30.2 Å². The molecule has 6 heteroatoms. The first-order valence-electron chi connectivity index (χ1n) is 4.45. The van der Waals surface area contributed by atoms with E-state index in [1.54, 1.807) is 21.3 Å². The molecule has 0 saturated heterocycles. The third kappa shape index (κ3) is 4.47. The number of hydrogen-bond acceptors (Lipinski definition) is 5. The van der Waals surface area contributed by atoms with Crippen LogP contribution in [-0.4, -0.2) is 41.8 Å². The van der Waals surface area contributed by atoms with Gasteiger partial charge in [-0.15, -0.1) is 0 Å². The van der Waals surface area contributed by atoms with Gasteiger partial charge in [0.05, 0.1) is 12.7 Å². The van der Waals surface area contributed by atoms with Crippen molar-refractivity contribution >= 4 is 26.1 Å². The highest BCUT2D eigenvalue weighted by Gasteiger charge is 2.37. The summed E-state index contributed by atoms with van der Waals surface area (Å²) in [5, 5.41) is 0.608. The van der Waals surface area contributed by atoms with Crippen LogP contribution in [0.3, 0.4) is 0 Å². The smallest absolute Gasteiger partial charge is 0.487 e. The first-order chi connectivity index (χ1) is 6.64. The van der Waals surface area contributed by atoms with Crippen molar-refractivity contribution in [1.29, 1.82) is 0 Å². The van der Waals surface area contributed by atoms with Crippen LogP contribution in [0.2, 0.25) is 6.04 Å².